The van der Waals surface area contributed by atoms with E-state index in [4.69, 9.17) is 9.47 Å². The standard InChI is InChI=1S/C27H37N3O3/c1-20(2)27(22-9-10-24-25(17-22)33-16-6-15-32-24)28-18-26(31)29-23-11-13-30(14-12-23)19-21-7-4-3-5-8-21/h3-5,7-10,17,20,23,27-28H,6,11-16,18-19H2,1-2H3,(H,29,31)/t27-/m0/s1. The first kappa shape index (κ1) is 23.6. The fourth-order valence-electron chi connectivity index (χ4n) is 4.67. The van der Waals surface area contributed by atoms with Gasteiger partial charge in [0, 0.05) is 38.1 Å². The Morgan fingerprint density at radius 3 is 2.48 bits per heavy atom. The average molecular weight is 452 g/mol. The average Bonchev–Trinajstić information content (AvgIpc) is 3.06. The lowest BCUT2D eigenvalue weighted by atomic mass is 9.95. The minimum Gasteiger partial charge on any atom is -0.490 e. The topological polar surface area (TPSA) is 62.8 Å². The fourth-order valence-corrected chi connectivity index (χ4v) is 4.67. The summed E-state index contributed by atoms with van der Waals surface area (Å²) < 4.78 is 11.6. The number of nitrogens with zero attached hydrogens (tertiary/aromatic N) is 1. The molecule has 33 heavy (non-hydrogen) atoms. The molecule has 0 unspecified atom stereocenters. The quantitative estimate of drug-likeness (QED) is 0.637. The number of hydrogen-bond donors (Lipinski definition) is 2. The van der Waals surface area contributed by atoms with Crippen molar-refractivity contribution in [1.82, 2.24) is 15.5 Å². The van der Waals surface area contributed by atoms with E-state index in [1.165, 1.54) is 5.56 Å². The van der Waals surface area contributed by atoms with Gasteiger partial charge in [0.25, 0.3) is 0 Å². The lowest BCUT2D eigenvalue weighted by Crippen LogP contribution is -2.47. The van der Waals surface area contributed by atoms with Gasteiger partial charge in [0.05, 0.1) is 19.8 Å². The van der Waals surface area contributed by atoms with Gasteiger partial charge in [-0.2, -0.15) is 0 Å². The number of fused-ring (bicyclic) bond motifs is 1. The zero-order valence-electron chi connectivity index (χ0n) is 19.9. The number of carbonyl (C=O) groups excluding carboxylic acids is 1. The number of rotatable bonds is 8. The van der Waals surface area contributed by atoms with Gasteiger partial charge in [0.1, 0.15) is 0 Å². The Bertz CT molecular complexity index is 895. The molecular weight excluding hydrogens is 414 g/mol. The van der Waals surface area contributed by atoms with Crippen LogP contribution in [0, 0.1) is 5.92 Å². The van der Waals surface area contributed by atoms with Crippen molar-refractivity contribution in [1.29, 1.82) is 0 Å². The van der Waals surface area contributed by atoms with Gasteiger partial charge in [-0.3, -0.25) is 9.69 Å². The highest BCUT2D eigenvalue weighted by Crippen LogP contribution is 2.34. The van der Waals surface area contributed by atoms with Gasteiger partial charge in [-0.1, -0.05) is 50.2 Å². The third kappa shape index (κ3) is 6.71. The molecule has 2 aliphatic heterocycles. The maximum Gasteiger partial charge on any atom is 0.234 e. The van der Waals surface area contributed by atoms with Crippen molar-refractivity contribution in [3.05, 3.63) is 59.7 Å². The van der Waals surface area contributed by atoms with Crippen molar-refractivity contribution in [2.75, 3.05) is 32.8 Å². The number of benzene rings is 2. The third-order valence-electron chi connectivity index (χ3n) is 6.48. The highest BCUT2D eigenvalue weighted by molar-refractivity contribution is 5.78. The van der Waals surface area contributed by atoms with Crippen molar-refractivity contribution in [3.63, 3.8) is 0 Å². The molecule has 6 heteroatoms. The Morgan fingerprint density at radius 2 is 1.76 bits per heavy atom. The first-order valence-electron chi connectivity index (χ1n) is 12.3. The van der Waals surface area contributed by atoms with Crippen molar-refractivity contribution >= 4 is 5.91 Å². The molecule has 0 radical (unpaired) electrons. The number of hydrogen-bond acceptors (Lipinski definition) is 5. The van der Waals surface area contributed by atoms with E-state index in [-0.39, 0.29) is 18.0 Å². The Kier molecular flexibility index (Phi) is 8.24. The second-order valence-electron chi connectivity index (χ2n) is 9.46. The van der Waals surface area contributed by atoms with Crippen LogP contribution in [-0.2, 0) is 11.3 Å². The Hall–Kier alpha value is -2.57. The normalized spacial score (nSPS) is 18.0. The summed E-state index contributed by atoms with van der Waals surface area (Å²) in [7, 11) is 0. The maximum absolute atomic E-state index is 12.7. The minimum atomic E-state index is 0.0662. The molecule has 2 aromatic rings. The molecule has 0 bridgehead atoms. The van der Waals surface area contributed by atoms with E-state index in [1.807, 2.05) is 6.07 Å². The summed E-state index contributed by atoms with van der Waals surface area (Å²) in [6, 6.07) is 17.0. The van der Waals surface area contributed by atoms with E-state index in [9.17, 15) is 4.79 Å². The monoisotopic (exact) mass is 451 g/mol. The number of likely N-dealkylation sites (tertiary alicyclic amines) is 1. The first-order chi connectivity index (χ1) is 16.1. The number of piperidine rings is 1. The van der Waals surface area contributed by atoms with Gasteiger partial charge in [-0.25, -0.2) is 0 Å². The number of nitrogens with one attached hydrogen (secondary N) is 2. The summed E-state index contributed by atoms with van der Waals surface area (Å²) in [6.45, 7) is 9.00. The summed E-state index contributed by atoms with van der Waals surface area (Å²) in [6.07, 6.45) is 2.88. The SMILES string of the molecule is CC(C)[C@H](NCC(=O)NC1CCN(Cc2ccccc2)CC1)c1ccc2c(c1)OCCCO2. The third-order valence-corrected chi connectivity index (χ3v) is 6.48. The molecule has 178 valence electrons. The summed E-state index contributed by atoms with van der Waals surface area (Å²) in [4.78, 5) is 15.2. The second-order valence-corrected chi connectivity index (χ2v) is 9.46. The minimum absolute atomic E-state index is 0.0662. The smallest absolute Gasteiger partial charge is 0.234 e. The summed E-state index contributed by atoms with van der Waals surface area (Å²) >= 11 is 0. The molecule has 1 fully saturated rings. The van der Waals surface area contributed by atoms with Crippen LogP contribution in [0.2, 0.25) is 0 Å². The molecule has 1 atom stereocenters. The van der Waals surface area contributed by atoms with E-state index in [1.54, 1.807) is 0 Å². The molecule has 2 heterocycles. The molecule has 0 aliphatic carbocycles. The van der Waals surface area contributed by atoms with Gasteiger partial charge in [-0.15, -0.1) is 0 Å². The van der Waals surface area contributed by atoms with Crippen LogP contribution in [0.4, 0.5) is 0 Å². The first-order valence-corrected chi connectivity index (χ1v) is 12.3. The lowest BCUT2D eigenvalue weighted by molar-refractivity contribution is -0.121. The van der Waals surface area contributed by atoms with Gasteiger partial charge in [0.15, 0.2) is 11.5 Å². The number of ether oxygens (including phenoxy) is 2. The van der Waals surface area contributed by atoms with Crippen LogP contribution < -0.4 is 20.1 Å². The molecule has 2 N–H and O–H groups in total. The largest absolute Gasteiger partial charge is 0.490 e. The molecule has 4 rings (SSSR count). The molecule has 0 spiro atoms. The maximum atomic E-state index is 12.7. The molecule has 6 nitrogen and oxygen atoms in total. The molecule has 0 aromatic heterocycles. The zero-order chi connectivity index (χ0) is 23.0. The predicted molar refractivity (Wildman–Crippen MR) is 131 cm³/mol. The van der Waals surface area contributed by atoms with E-state index in [2.05, 4.69) is 71.8 Å². The highest BCUT2D eigenvalue weighted by atomic mass is 16.5. The summed E-state index contributed by atoms with van der Waals surface area (Å²) in [5, 5.41) is 6.70. The molecule has 1 amide bonds. The van der Waals surface area contributed by atoms with Crippen LogP contribution in [0.3, 0.4) is 0 Å². The predicted octanol–water partition coefficient (Wildman–Crippen LogP) is 3.92. The van der Waals surface area contributed by atoms with Crippen molar-refractivity contribution in [3.8, 4) is 11.5 Å². The van der Waals surface area contributed by atoms with Gasteiger partial charge in [0.2, 0.25) is 5.91 Å². The Balaban J connectivity index is 1.25. The van der Waals surface area contributed by atoms with Crippen molar-refractivity contribution in [2.24, 2.45) is 5.92 Å². The number of carbonyl (C=O) groups is 1. The van der Waals surface area contributed by atoms with Crippen LogP contribution in [0.25, 0.3) is 0 Å². The fraction of sp³-hybridized carbons (Fsp3) is 0.519. The van der Waals surface area contributed by atoms with Crippen LogP contribution in [0.15, 0.2) is 48.5 Å². The Morgan fingerprint density at radius 1 is 1.03 bits per heavy atom. The van der Waals surface area contributed by atoms with Crippen LogP contribution in [0.5, 0.6) is 11.5 Å². The van der Waals surface area contributed by atoms with Crippen LogP contribution >= 0.6 is 0 Å². The second kappa shape index (κ2) is 11.5. The summed E-state index contributed by atoms with van der Waals surface area (Å²) in [5.41, 5.74) is 2.47. The molecule has 2 aliphatic rings. The molecule has 1 saturated heterocycles. The van der Waals surface area contributed by atoms with E-state index in [0.717, 1.165) is 56.0 Å². The van der Waals surface area contributed by atoms with Gasteiger partial charge in [-0.05, 0) is 42.0 Å². The van der Waals surface area contributed by atoms with Crippen LogP contribution in [-0.4, -0.2) is 49.7 Å². The van der Waals surface area contributed by atoms with E-state index < -0.39 is 0 Å². The molecule has 2 aromatic carbocycles. The Labute approximate surface area is 197 Å². The van der Waals surface area contributed by atoms with Gasteiger partial charge >= 0.3 is 0 Å². The van der Waals surface area contributed by atoms with Crippen LogP contribution in [0.1, 0.15) is 50.3 Å². The highest BCUT2D eigenvalue weighted by Gasteiger charge is 2.23. The van der Waals surface area contributed by atoms with E-state index in [0.29, 0.717) is 25.7 Å². The van der Waals surface area contributed by atoms with Crippen molar-refractivity contribution < 1.29 is 14.3 Å². The lowest BCUT2D eigenvalue weighted by Gasteiger charge is -2.32. The molecule has 0 saturated carbocycles. The summed E-state index contributed by atoms with van der Waals surface area (Å²) in [5.74, 6) is 2.00. The number of amides is 1. The molecular formula is C27H37N3O3. The van der Waals surface area contributed by atoms with E-state index >= 15 is 0 Å². The van der Waals surface area contributed by atoms with Gasteiger partial charge < -0.3 is 20.1 Å². The zero-order valence-corrected chi connectivity index (χ0v) is 19.9. The van der Waals surface area contributed by atoms with Crippen molar-refractivity contribution in [2.45, 2.75) is 51.7 Å².